The van der Waals surface area contributed by atoms with E-state index in [1.807, 2.05) is 24.6 Å². The first-order valence-electron chi connectivity index (χ1n) is 5.34. The average molecular weight is 314 g/mol. The van der Waals surface area contributed by atoms with Crippen LogP contribution in [0, 0.1) is 5.82 Å². The maximum atomic E-state index is 14.0. The second-order valence-corrected chi connectivity index (χ2v) is 5.45. The summed E-state index contributed by atoms with van der Waals surface area (Å²) >= 11 is 4.88. The van der Waals surface area contributed by atoms with Crippen LogP contribution in [0.15, 0.2) is 39.5 Å². The van der Waals surface area contributed by atoms with E-state index in [9.17, 15) is 4.39 Å². The highest BCUT2D eigenvalue weighted by atomic mass is 79.9. The van der Waals surface area contributed by atoms with Gasteiger partial charge in [-0.3, -0.25) is 0 Å². The molecule has 1 atom stereocenters. The predicted octanol–water partition coefficient (Wildman–Crippen LogP) is 4.15. The monoisotopic (exact) mass is 313 g/mol. The lowest BCUT2D eigenvalue weighted by atomic mass is 10.0. The third-order valence-electron chi connectivity index (χ3n) is 2.73. The summed E-state index contributed by atoms with van der Waals surface area (Å²) in [4.78, 5) is 0. The molecule has 2 aromatic rings. The Morgan fingerprint density at radius 1 is 1.41 bits per heavy atom. The molecular formula is C13H13BrFNS. The molecule has 0 spiro atoms. The van der Waals surface area contributed by atoms with Gasteiger partial charge in [-0.2, -0.15) is 11.3 Å². The minimum absolute atomic E-state index is 0.00194. The number of benzene rings is 1. The third kappa shape index (κ3) is 2.94. The largest absolute Gasteiger partial charge is 0.313 e. The predicted molar refractivity (Wildman–Crippen MR) is 73.9 cm³/mol. The Kier molecular flexibility index (Phi) is 4.31. The highest BCUT2D eigenvalue weighted by Crippen LogP contribution is 2.26. The molecule has 0 aliphatic heterocycles. The van der Waals surface area contributed by atoms with E-state index in [0.717, 1.165) is 6.42 Å². The lowest BCUT2D eigenvalue weighted by Crippen LogP contribution is -2.20. The van der Waals surface area contributed by atoms with E-state index >= 15 is 0 Å². The molecule has 0 radical (unpaired) electrons. The van der Waals surface area contributed by atoms with Crippen LogP contribution < -0.4 is 5.32 Å². The Morgan fingerprint density at radius 3 is 2.88 bits per heavy atom. The van der Waals surface area contributed by atoms with E-state index in [1.54, 1.807) is 17.4 Å². The molecule has 1 nitrogen and oxygen atoms in total. The maximum Gasteiger partial charge on any atom is 0.142 e. The number of halogens is 2. The minimum Gasteiger partial charge on any atom is -0.313 e. The van der Waals surface area contributed by atoms with Crippen LogP contribution in [0.3, 0.4) is 0 Å². The third-order valence-corrected chi connectivity index (χ3v) is 4.07. The van der Waals surface area contributed by atoms with Crippen molar-refractivity contribution in [1.29, 1.82) is 0 Å². The number of thiophene rings is 1. The van der Waals surface area contributed by atoms with Crippen LogP contribution >= 0.6 is 27.3 Å². The van der Waals surface area contributed by atoms with Crippen molar-refractivity contribution in [3.63, 3.8) is 0 Å². The lowest BCUT2D eigenvalue weighted by Gasteiger charge is -2.17. The van der Waals surface area contributed by atoms with Gasteiger partial charge in [0, 0.05) is 11.6 Å². The summed E-state index contributed by atoms with van der Waals surface area (Å²) in [6.07, 6.45) is 0.799. The van der Waals surface area contributed by atoms with Gasteiger partial charge in [0.25, 0.3) is 0 Å². The van der Waals surface area contributed by atoms with Crippen molar-refractivity contribution < 1.29 is 4.39 Å². The molecule has 1 N–H and O–H groups in total. The number of rotatable bonds is 4. The van der Waals surface area contributed by atoms with Gasteiger partial charge in [0.1, 0.15) is 5.82 Å². The molecule has 17 heavy (non-hydrogen) atoms. The number of hydrogen-bond acceptors (Lipinski definition) is 2. The fourth-order valence-electron chi connectivity index (χ4n) is 1.80. The molecule has 2 rings (SSSR count). The highest BCUT2D eigenvalue weighted by molar-refractivity contribution is 9.10. The van der Waals surface area contributed by atoms with E-state index in [0.29, 0.717) is 10.0 Å². The van der Waals surface area contributed by atoms with E-state index in [-0.39, 0.29) is 11.9 Å². The minimum atomic E-state index is -0.179. The van der Waals surface area contributed by atoms with E-state index in [4.69, 9.17) is 0 Å². The topological polar surface area (TPSA) is 12.0 Å². The fraction of sp³-hybridized carbons (Fsp3) is 0.231. The van der Waals surface area contributed by atoms with E-state index in [2.05, 4.69) is 32.7 Å². The van der Waals surface area contributed by atoms with Crippen LogP contribution in [0.5, 0.6) is 0 Å². The Balaban J connectivity index is 2.26. The molecule has 0 aliphatic carbocycles. The summed E-state index contributed by atoms with van der Waals surface area (Å²) in [7, 11) is 1.86. The van der Waals surface area contributed by atoms with Gasteiger partial charge in [-0.05, 0) is 57.9 Å². The molecule has 1 aromatic carbocycles. The number of likely N-dealkylation sites (N-methyl/N-ethyl adjacent to an activating group) is 1. The van der Waals surface area contributed by atoms with Gasteiger partial charge in [0.05, 0.1) is 4.47 Å². The molecule has 1 heterocycles. The van der Waals surface area contributed by atoms with E-state index in [1.165, 1.54) is 5.56 Å². The molecule has 1 aromatic heterocycles. The Bertz CT molecular complexity index is 484. The highest BCUT2D eigenvalue weighted by Gasteiger charge is 2.16. The van der Waals surface area contributed by atoms with Crippen LogP contribution in [0.2, 0.25) is 0 Å². The first-order valence-corrected chi connectivity index (χ1v) is 7.08. The summed E-state index contributed by atoms with van der Waals surface area (Å²) in [6, 6.07) is 7.48. The van der Waals surface area contributed by atoms with Gasteiger partial charge in [-0.15, -0.1) is 0 Å². The van der Waals surface area contributed by atoms with Crippen LogP contribution in [0.1, 0.15) is 17.2 Å². The Labute approximate surface area is 113 Å². The van der Waals surface area contributed by atoms with Crippen molar-refractivity contribution in [3.8, 4) is 0 Å². The molecule has 0 amide bonds. The molecule has 4 heteroatoms. The molecule has 90 valence electrons. The zero-order valence-corrected chi connectivity index (χ0v) is 11.8. The number of nitrogens with one attached hydrogen (secondary N) is 1. The Morgan fingerprint density at radius 2 is 2.24 bits per heavy atom. The first-order chi connectivity index (χ1) is 8.22. The van der Waals surface area contributed by atoms with Crippen molar-refractivity contribution in [2.75, 3.05) is 7.05 Å². The van der Waals surface area contributed by atoms with Gasteiger partial charge >= 0.3 is 0 Å². The zero-order valence-electron chi connectivity index (χ0n) is 9.41. The molecular weight excluding hydrogens is 301 g/mol. The summed E-state index contributed by atoms with van der Waals surface area (Å²) < 4.78 is 14.5. The van der Waals surface area contributed by atoms with Gasteiger partial charge in [0.2, 0.25) is 0 Å². The average Bonchev–Trinajstić information content (AvgIpc) is 2.83. The SMILES string of the molecule is CNC(Cc1ccsc1)c1cccc(Br)c1F. The second kappa shape index (κ2) is 5.76. The molecule has 0 aliphatic rings. The first kappa shape index (κ1) is 12.7. The van der Waals surface area contributed by atoms with Crippen molar-refractivity contribution in [1.82, 2.24) is 5.32 Å². The summed E-state index contributed by atoms with van der Waals surface area (Å²) in [5.74, 6) is -0.179. The van der Waals surface area contributed by atoms with Crippen molar-refractivity contribution in [2.45, 2.75) is 12.5 Å². The molecule has 1 unspecified atom stereocenters. The lowest BCUT2D eigenvalue weighted by molar-refractivity contribution is 0.531. The van der Waals surface area contributed by atoms with Gasteiger partial charge in [-0.1, -0.05) is 12.1 Å². The van der Waals surface area contributed by atoms with Gasteiger partial charge in [0.15, 0.2) is 0 Å². The fourth-order valence-corrected chi connectivity index (χ4v) is 2.86. The standard InChI is InChI=1S/C13H13BrFNS/c1-16-12(7-9-5-6-17-8-9)10-3-2-4-11(14)13(10)15/h2-6,8,12,16H,7H2,1H3. The van der Waals surface area contributed by atoms with Crippen LogP contribution in [-0.4, -0.2) is 7.05 Å². The molecule has 0 saturated heterocycles. The Hall–Kier alpha value is -0.710. The summed E-state index contributed by atoms with van der Waals surface area (Å²) in [5.41, 5.74) is 1.93. The second-order valence-electron chi connectivity index (χ2n) is 3.82. The van der Waals surface area contributed by atoms with Gasteiger partial charge in [-0.25, -0.2) is 4.39 Å². The van der Waals surface area contributed by atoms with Crippen molar-refractivity contribution in [2.24, 2.45) is 0 Å². The smallest absolute Gasteiger partial charge is 0.142 e. The van der Waals surface area contributed by atoms with Crippen LogP contribution in [-0.2, 0) is 6.42 Å². The van der Waals surface area contributed by atoms with Crippen molar-refractivity contribution >= 4 is 27.3 Å². The van der Waals surface area contributed by atoms with E-state index < -0.39 is 0 Å². The van der Waals surface area contributed by atoms with Gasteiger partial charge < -0.3 is 5.32 Å². The zero-order chi connectivity index (χ0) is 12.3. The quantitative estimate of drug-likeness (QED) is 0.894. The molecule has 0 fully saturated rings. The summed E-state index contributed by atoms with van der Waals surface area (Å²) in [6.45, 7) is 0. The molecule has 0 bridgehead atoms. The maximum absolute atomic E-state index is 14.0. The normalized spacial score (nSPS) is 12.6. The number of hydrogen-bond donors (Lipinski definition) is 1. The van der Waals surface area contributed by atoms with Crippen LogP contribution in [0.25, 0.3) is 0 Å². The summed E-state index contributed by atoms with van der Waals surface area (Å²) in [5, 5.41) is 7.31. The molecule has 0 saturated carbocycles. The van der Waals surface area contributed by atoms with Crippen molar-refractivity contribution in [3.05, 3.63) is 56.4 Å². The van der Waals surface area contributed by atoms with Crippen LogP contribution in [0.4, 0.5) is 4.39 Å².